The topological polar surface area (TPSA) is 64.6 Å². The molecular formula is C16H21NO4. The smallest absolute Gasteiger partial charge is 0.309 e. The molecule has 0 bridgehead atoms. The van der Waals surface area contributed by atoms with E-state index in [1.807, 2.05) is 0 Å². The van der Waals surface area contributed by atoms with E-state index in [2.05, 4.69) is 5.32 Å². The Morgan fingerprint density at radius 1 is 1.14 bits per heavy atom. The van der Waals surface area contributed by atoms with Crippen LogP contribution in [0.2, 0.25) is 0 Å². The molecule has 1 aliphatic rings. The normalized spacial score (nSPS) is 15.3. The number of rotatable bonds is 5. The number of methoxy groups -OCH3 is 1. The van der Waals surface area contributed by atoms with E-state index in [0.29, 0.717) is 5.69 Å². The minimum atomic E-state index is -0.329. The Kier molecular flexibility index (Phi) is 5.60. The standard InChI is InChI=1S/C16H21NO4/c1-20-14-9-7-13(8-10-14)17-15(18)11-21-16(19)12-5-3-2-4-6-12/h7-10,12H,2-6,11H2,1H3,(H,17,18). The first kappa shape index (κ1) is 15.4. The van der Waals surface area contributed by atoms with Crippen molar-refractivity contribution in [2.45, 2.75) is 32.1 Å². The van der Waals surface area contributed by atoms with Crippen molar-refractivity contribution in [2.24, 2.45) is 5.92 Å². The molecule has 0 spiro atoms. The van der Waals surface area contributed by atoms with Gasteiger partial charge < -0.3 is 14.8 Å². The molecule has 5 heteroatoms. The van der Waals surface area contributed by atoms with Gasteiger partial charge in [-0.1, -0.05) is 19.3 Å². The summed E-state index contributed by atoms with van der Waals surface area (Å²) in [7, 11) is 1.58. The first-order valence-corrected chi connectivity index (χ1v) is 7.29. The lowest BCUT2D eigenvalue weighted by Gasteiger charge is -2.19. The van der Waals surface area contributed by atoms with Crippen LogP contribution in [0, 0.1) is 5.92 Å². The summed E-state index contributed by atoms with van der Waals surface area (Å²) in [5, 5.41) is 2.68. The minimum Gasteiger partial charge on any atom is -0.497 e. The highest BCUT2D eigenvalue weighted by atomic mass is 16.5. The second kappa shape index (κ2) is 7.67. The largest absolute Gasteiger partial charge is 0.497 e. The fourth-order valence-electron chi connectivity index (χ4n) is 2.46. The highest BCUT2D eigenvalue weighted by Gasteiger charge is 2.23. The van der Waals surface area contributed by atoms with Crippen molar-refractivity contribution < 1.29 is 19.1 Å². The summed E-state index contributed by atoms with van der Waals surface area (Å²) in [6.45, 7) is -0.235. The monoisotopic (exact) mass is 291 g/mol. The number of carbonyl (C=O) groups is 2. The van der Waals surface area contributed by atoms with Crippen molar-refractivity contribution in [2.75, 3.05) is 19.0 Å². The zero-order valence-electron chi connectivity index (χ0n) is 12.3. The van der Waals surface area contributed by atoms with Gasteiger partial charge >= 0.3 is 5.97 Å². The summed E-state index contributed by atoms with van der Waals surface area (Å²) in [4.78, 5) is 23.6. The lowest BCUT2D eigenvalue weighted by molar-refractivity contribution is -0.152. The first-order valence-electron chi connectivity index (χ1n) is 7.29. The van der Waals surface area contributed by atoms with Crippen LogP contribution < -0.4 is 10.1 Å². The van der Waals surface area contributed by atoms with Gasteiger partial charge in [0.15, 0.2) is 6.61 Å². The molecule has 1 aromatic carbocycles. The summed E-state index contributed by atoms with van der Waals surface area (Å²) >= 11 is 0. The van der Waals surface area contributed by atoms with Crippen LogP contribution in [0.3, 0.4) is 0 Å². The molecule has 2 rings (SSSR count). The van der Waals surface area contributed by atoms with Crippen molar-refractivity contribution >= 4 is 17.6 Å². The lowest BCUT2D eigenvalue weighted by Crippen LogP contribution is -2.25. The quantitative estimate of drug-likeness (QED) is 0.847. The zero-order chi connectivity index (χ0) is 15.1. The van der Waals surface area contributed by atoms with Crippen LogP contribution in [-0.4, -0.2) is 25.6 Å². The Balaban J connectivity index is 1.74. The molecule has 1 saturated carbocycles. The van der Waals surface area contributed by atoms with E-state index >= 15 is 0 Å². The molecule has 0 heterocycles. The fraction of sp³-hybridized carbons (Fsp3) is 0.500. The van der Waals surface area contributed by atoms with E-state index in [-0.39, 0.29) is 24.4 Å². The Hall–Kier alpha value is -2.04. The van der Waals surface area contributed by atoms with Gasteiger partial charge in [0.2, 0.25) is 0 Å². The van der Waals surface area contributed by atoms with Crippen LogP contribution in [-0.2, 0) is 14.3 Å². The number of amides is 1. The first-order chi connectivity index (χ1) is 10.2. The van der Waals surface area contributed by atoms with Crippen molar-refractivity contribution in [3.05, 3.63) is 24.3 Å². The van der Waals surface area contributed by atoms with E-state index in [1.54, 1.807) is 31.4 Å². The Morgan fingerprint density at radius 3 is 2.43 bits per heavy atom. The van der Waals surface area contributed by atoms with Crippen LogP contribution in [0.4, 0.5) is 5.69 Å². The third-order valence-electron chi connectivity index (χ3n) is 3.66. The average molecular weight is 291 g/mol. The molecule has 1 fully saturated rings. The number of hydrogen-bond acceptors (Lipinski definition) is 4. The number of benzene rings is 1. The molecule has 1 N–H and O–H groups in total. The van der Waals surface area contributed by atoms with Crippen molar-refractivity contribution in [3.63, 3.8) is 0 Å². The maximum Gasteiger partial charge on any atom is 0.309 e. The van der Waals surface area contributed by atoms with Gasteiger partial charge in [-0.25, -0.2) is 0 Å². The Labute approximate surface area is 124 Å². The molecule has 1 amide bonds. The van der Waals surface area contributed by atoms with Gasteiger partial charge in [-0.15, -0.1) is 0 Å². The maximum atomic E-state index is 11.8. The van der Waals surface area contributed by atoms with E-state index in [4.69, 9.17) is 9.47 Å². The molecule has 1 aromatic rings. The van der Waals surface area contributed by atoms with Crippen LogP contribution in [0.25, 0.3) is 0 Å². The molecular weight excluding hydrogens is 270 g/mol. The maximum absolute atomic E-state index is 11.8. The molecule has 21 heavy (non-hydrogen) atoms. The molecule has 0 atom stereocenters. The average Bonchev–Trinajstić information content (AvgIpc) is 2.54. The van der Waals surface area contributed by atoms with Gasteiger partial charge in [0.1, 0.15) is 5.75 Å². The van der Waals surface area contributed by atoms with E-state index < -0.39 is 0 Å². The molecule has 5 nitrogen and oxygen atoms in total. The van der Waals surface area contributed by atoms with E-state index in [0.717, 1.165) is 31.4 Å². The third-order valence-corrected chi connectivity index (χ3v) is 3.66. The molecule has 0 saturated heterocycles. The molecule has 114 valence electrons. The van der Waals surface area contributed by atoms with Gasteiger partial charge in [0, 0.05) is 5.69 Å². The van der Waals surface area contributed by atoms with Crippen LogP contribution in [0.1, 0.15) is 32.1 Å². The second-order valence-electron chi connectivity index (χ2n) is 5.22. The predicted octanol–water partition coefficient (Wildman–Crippen LogP) is 2.76. The van der Waals surface area contributed by atoms with Crippen molar-refractivity contribution in [1.82, 2.24) is 0 Å². The third kappa shape index (κ3) is 4.77. The molecule has 1 aliphatic carbocycles. The number of nitrogens with one attached hydrogen (secondary N) is 1. The van der Waals surface area contributed by atoms with Gasteiger partial charge in [0.25, 0.3) is 5.91 Å². The SMILES string of the molecule is COc1ccc(NC(=O)COC(=O)C2CCCCC2)cc1. The number of anilines is 1. The molecule has 0 aromatic heterocycles. The Morgan fingerprint density at radius 2 is 1.81 bits per heavy atom. The molecule has 0 radical (unpaired) electrons. The van der Waals surface area contributed by atoms with E-state index in [1.165, 1.54) is 6.42 Å². The summed E-state index contributed by atoms with van der Waals surface area (Å²) < 4.78 is 10.1. The van der Waals surface area contributed by atoms with Gasteiger partial charge in [0.05, 0.1) is 13.0 Å². The summed E-state index contributed by atoms with van der Waals surface area (Å²) in [6.07, 6.45) is 5.06. The number of hydrogen-bond donors (Lipinski definition) is 1. The van der Waals surface area contributed by atoms with Crippen LogP contribution >= 0.6 is 0 Å². The van der Waals surface area contributed by atoms with Crippen molar-refractivity contribution in [1.29, 1.82) is 0 Å². The highest BCUT2D eigenvalue weighted by molar-refractivity contribution is 5.92. The van der Waals surface area contributed by atoms with Gasteiger partial charge in [-0.05, 0) is 37.1 Å². The number of esters is 1. The fourth-order valence-corrected chi connectivity index (χ4v) is 2.46. The van der Waals surface area contributed by atoms with Crippen LogP contribution in [0.15, 0.2) is 24.3 Å². The van der Waals surface area contributed by atoms with E-state index in [9.17, 15) is 9.59 Å². The second-order valence-corrected chi connectivity index (χ2v) is 5.22. The molecule has 0 unspecified atom stereocenters. The van der Waals surface area contributed by atoms with Crippen LogP contribution in [0.5, 0.6) is 5.75 Å². The van der Waals surface area contributed by atoms with Gasteiger partial charge in [-0.3, -0.25) is 9.59 Å². The van der Waals surface area contributed by atoms with Crippen molar-refractivity contribution in [3.8, 4) is 5.75 Å². The highest BCUT2D eigenvalue weighted by Crippen LogP contribution is 2.24. The molecule has 0 aliphatic heterocycles. The summed E-state index contributed by atoms with van der Waals surface area (Å²) in [5.41, 5.74) is 0.648. The lowest BCUT2D eigenvalue weighted by atomic mass is 9.89. The number of ether oxygens (including phenoxy) is 2. The Bertz CT molecular complexity index is 478. The minimum absolute atomic E-state index is 0.0347. The number of carbonyl (C=O) groups excluding carboxylic acids is 2. The summed E-state index contributed by atoms with van der Waals surface area (Å²) in [5.74, 6) is 0.105. The zero-order valence-corrected chi connectivity index (χ0v) is 12.3. The summed E-state index contributed by atoms with van der Waals surface area (Å²) in [6, 6.07) is 6.98. The predicted molar refractivity (Wildman–Crippen MR) is 79.2 cm³/mol. The van der Waals surface area contributed by atoms with Gasteiger partial charge in [-0.2, -0.15) is 0 Å².